The summed E-state index contributed by atoms with van der Waals surface area (Å²) in [6.07, 6.45) is 0. The Balaban J connectivity index is 2.13. The van der Waals surface area contributed by atoms with Gasteiger partial charge in [0.15, 0.2) is 0 Å². The lowest BCUT2D eigenvalue weighted by atomic mass is 10.2. The van der Waals surface area contributed by atoms with Crippen molar-refractivity contribution in [2.24, 2.45) is 5.73 Å². The first kappa shape index (κ1) is 15.4. The Hall–Kier alpha value is -1.000. The summed E-state index contributed by atoms with van der Waals surface area (Å²) < 4.78 is 5.63. The quantitative estimate of drug-likeness (QED) is 0.634. The number of hydrogen-bond acceptors (Lipinski definition) is 2. The van der Waals surface area contributed by atoms with Crippen molar-refractivity contribution in [1.82, 2.24) is 0 Å². The molecule has 0 saturated heterocycles. The summed E-state index contributed by atoms with van der Waals surface area (Å²) in [5.74, 6) is 0.664. The molecule has 2 nitrogen and oxygen atoms in total. The Labute approximate surface area is 137 Å². The summed E-state index contributed by atoms with van der Waals surface area (Å²) in [5.41, 5.74) is 6.96. The average molecular weight is 347 g/mol. The number of hydrogen-bond donors (Lipinski definition) is 1. The zero-order valence-electron chi connectivity index (χ0n) is 10.2. The Bertz CT molecular complexity index is 644. The van der Waals surface area contributed by atoms with Crippen LogP contribution >= 0.6 is 47.0 Å². The minimum atomic E-state index is 0.227. The van der Waals surface area contributed by atoms with Gasteiger partial charge in [-0.25, -0.2) is 0 Å². The van der Waals surface area contributed by atoms with E-state index in [0.29, 0.717) is 31.4 Å². The maximum Gasteiger partial charge on any atom is 0.119 e. The highest BCUT2D eigenvalue weighted by Gasteiger charge is 2.10. The molecule has 0 atom stereocenters. The van der Waals surface area contributed by atoms with Gasteiger partial charge in [0.1, 0.15) is 17.3 Å². The third-order valence-corrected chi connectivity index (χ3v) is 4.09. The number of thiocarbonyl (C=S) groups is 1. The molecule has 2 rings (SSSR count). The molecule has 0 unspecified atom stereocenters. The Kier molecular flexibility index (Phi) is 5.11. The summed E-state index contributed by atoms with van der Waals surface area (Å²) in [6, 6.07) is 10.5. The Morgan fingerprint density at radius 2 is 1.60 bits per heavy atom. The van der Waals surface area contributed by atoms with E-state index in [4.69, 9.17) is 57.5 Å². The van der Waals surface area contributed by atoms with Gasteiger partial charge >= 0.3 is 0 Å². The number of halogens is 3. The normalized spacial score (nSPS) is 10.3. The molecule has 0 saturated carbocycles. The van der Waals surface area contributed by atoms with Crippen LogP contribution in [0, 0.1) is 0 Å². The summed E-state index contributed by atoms with van der Waals surface area (Å²) in [4.78, 5) is 0.345. The molecule has 6 heteroatoms. The van der Waals surface area contributed by atoms with Gasteiger partial charge in [0.25, 0.3) is 0 Å². The highest BCUT2D eigenvalue weighted by Crippen LogP contribution is 2.32. The molecule has 0 aliphatic rings. The van der Waals surface area contributed by atoms with Crippen molar-refractivity contribution in [1.29, 1.82) is 0 Å². The fourth-order valence-corrected chi connectivity index (χ4v) is 2.37. The maximum atomic E-state index is 6.10. The number of rotatable bonds is 4. The molecule has 0 heterocycles. The van der Waals surface area contributed by atoms with Gasteiger partial charge in [0, 0.05) is 16.1 Å². The Morgan fingerprint density at radius 3 is 2.20 bits per heavy atom. The van der Waals surface area contributed by atoms with Crippen molar-refractivity contribution in [3.8, 4) is 5.75 Å². The van der Waals surface area contributed by atoms with Gasteiger partial charge in [-0.3, -0.25) is 0 Å². The molecule has 2 aromatic carbocycles. The van der Waals surface area contributed by atoms with Gasteiger partial charge in [-0.2, -0.15) is 0 Å². The van der Waals surface area contributed by atoms with Crippen LogP contribution in [0.5, 0.6) is 5.75 Å². The number of ether oxygens (including phenoxy) is 1. The van der Waals surface area contributed by atoms with Crippen molar-refractivity contribution in [3.05, 3.63) is 62.6 Å². The van der Waals surface area contributed by atoms with Gasteiger partial charge in [0.2, 0.25) is 0 Å². The first-order valence-electron chi connectivity index (χ1n) is 5.64. The van der Waals surface area contributed by atoms with E-state index >= 15 is 0 Å². The van der Waals surface area contributed by atoms with E-state index in [9.17, 15) is 0 Å². The van der Waals surface area contributed by atoms with Crippen LogP contribution in [0.4, 0.5) is 0 Å². The highest BCUT2D eigenvalue weighted by molar-refractivity contribution is 7.80. The molecule has 0 bridgehead atoms. The van der Waals surface area contributed by atoms with E-state index in [-0.39, 0.29) is 6.61 Å². The lowest BCUT2D eigenvalue weighted by Gasteiger charge is -2.11. The van der Waals surface area contributed by atoms with Gasteiger partial charge in [0.05, 0.1) is 10.0 Å². The van der Waals surface area contributed by atoms with Gasteiger partial charge in [-0.05, 0) is 36.4 Å². The minimum absolute atomic E-state index is 0.227. The zero-order chi connectivity index (χ0) is 14.7. The molecule has 20 heavy (non-hydrogen) atoms. The van der Waals surface area contributed by atoms with Crippen LogP contribution in [0.1, 0.15) is 11.1 Å². The van der Waals surface area contributed by atoms with Crippen LogP contribution < -0.4 is 10.5 Å². The SMILES string of the molecule is NC(=S)c1ccc(OCc2c(Cl)ccc(Cl)c2Cl)cc1. The van der Waals surface area contributed by atoms with E-state index in [1.54, 1.807) is 36.4 Å². The highest BCUT2D eigenvalue weighted by atomic mass is 35.5. The van der Waals surface area contributed by atoms with Crippen LogP contribution in [0.3, 0.4) is 0 Å². The van der Waals surface area contributed by atoms with E-state index in [0.717, 1.165) is 5.56 Å². The molecule has 0 aliphatic carbocycles. The van der Waals surface area contributed by atoms with Crippen molar-refractivity contribution in [3.63, 3.8) is 0 Å². The smallest absolute Gasteiger partial charge is 0.119 e. The van der Waals surface area contributed by atoms with Gasteiger partial charge in [-0.15, -0.1) is 0 Å². The first-order chi connectivity index (χ1) is 9.49. The molecule has 0 aromatic heterocycles. The van der Waals surface area contributed by atoms with Crippen LogP contribution in [0.25, 0.3) is 0 Å². The molecule has 0 aliphatic heterocycles. The molecular weight excluding hydrogens is 337 g/mol. The van der Waals surface area contributed by atoms with Crippen molar-refractivity contribution in [2.45, 2.75) is 6.61 Å². The molecule has 2 aromatic rings. The summed E-state index contributed by atoms with van der Waals surface area (Å²) in [7, 11) is 0. The zero-order valence-corrected chi connectivity index (χ0v) is 13.3. The topological polar surface area (TPSA) is 35.2 Å². The van der Waals surface area contributed by atoms with Crippen LogP contribution in [-0.4, -0.2) is 4.99 Å². The van der Waals surface area contributed by atoms with Crippen molar-refractivity contribution < 1.29 is 4.74 Å². The molecule has 0 fully saturated rings. The predicted molar refractivity (Wildman–Crippen MR) is 88.1 cm³/mol. The van der Waals surface area contributed by atoms with Crippen molar-refractivity contribution >= 4 is 52.0 Å². The van der Waals surface area contributed by atoms with E-state index in [1.165, 1.54) is 0 Å². The van der Waals surface area contributed by atoms with Gasteiger partial charge in [-0.1, -0.05) is 47.0 Å². The third kappa shape index (κ3) is 3.55. The standard InChI is InChI=1S/C14H10Cl3NOS/c15-11-5-6-12(16)13(17)10(11)7-19-9-3-1-8(2-4-9)14(18)20/h1-6H,7H2,(H2,18,20). The van der Waals surface area contributed by atoms with Crippen LogP contribution in [0.15, 0.2) is 36.4 Å². The summed E-state index contributed by atoms with van der Waals surface area (Å²) >= 11 is 23.0. The number of nitrogens with two attached hydrogens (primary N) is 1. The van der Waals surface area contributed by atoms with Crippen molar-refractivity contribution in [2.75, 3.05) is 0 Å². The fourth-order valence-electron chi connectivity index (χ4n) is 1.57. The van der Waals surface area contributed by atoms with E-state index in [1.807, 2.05) is 0 Å². The molecule has 0 radical (unpaired) electrons. The largest absolute Gasteiger partial charge is 0.489 e. The summed E-state index contributed by atoms with van der Waals surface area (Å²) in [6.45, 7) is 0.227. The Morgan fingerprint density at radius 1 is 1.00 bits per heavy atom. The van der Waals surface area contributed by atoms with E-state index in [2.05, 4.69) is 0 Å². The predicted octanol–water partition coefficient (Wildman–Crippen LogP) is 4.86. The second kappa shape index (κ2) is 6.64. The molecule has 0 amide bonds. The van der Waals surface area contributed by atoms with Crippen LogP contribution in [0.2, 0.25) is 15.1 Å². The van der Waals surface area contributed by atoms with Crippen LogP contribution in [-0.2, 0) is 6.61 Å². The lowest BCUT2D eigenvalue weighted by Crippen LogP contribution is -2.08. The molecule has 2 N–H and O–H groups in total. The molecular formula is C14H10Cl3NOS. The summed E-state index contributed by atoms with van der Waals surface area (Å²) in [5, 5.41) is 1.36. The van der Waals surface area contributed by atoms with E-state index < -0.39 is 0 Å². The number of benzene rings is 2. The fraction of sp³-hybridized carbons (Fsp3) is 0.0714. The second-order valence-corrected chi connectivity index (χ2v) is 5.63. The first-order valence-corrected chi connectivity index (χ1v) is 7.18. The minimum Gasteiger partial charge on any atom is -0.489 e. The monoisotopic (exact) mass is 345 g/mol. The molecule has 0 spiro atoms. The van der Waals surface area contributed by atoms with Gasteiger partial charge < -0.3 is 10.5 Å². The second-order valence-electron chi connectivity index (χ2n) is 4.00. The average Bonchev–Trinajstić information content (AvgIpc) is 2.43. The third-order valence-electron chi connectivity index (χ3n) is 2.66. The maximum absolute atomic E-state index is 6.10. The lowest BCUT2D eigenvalue weighted by molar-refractivity contribution is 0.306. The molecule has 104 valence electrons.